The Hall–Kier alpha value is -3.29. The van der Waals surface area contributed by atoms with Gasteiger partial charge in [-0.2, -0.15) is 0 Å². The lowest BCUT2D eigenvalue weighted by Gasteiger charge is -2.04. The summed E-state index contributed by atoms with van der Waals surface area (Å²) >= 11 is 7.45. The molecule has 5 heterocycles. The summed E-state index contributed by atoms with van der Waals surface area (Å²) in [7, 11) is 0. The number of carbonyl (C=O) groups is 1. The third-order valence-corrected chi connectivity index (χ3v) is 14.7. The van der Waals surface area contributed by atoms with Crippen molar-refractivity contribution in [1.29, 1.82) is 0 Å². The number of fused-ring (bicyclic) bond motifs is 3. The molecule has 7 rings (SSSR count). The Morgan fingerprint density at radius 3 is 1.80 bits per heavy atom. The van der Waals surface area contributed by atoms with Crippen molar-refractivity contribution in [3.05, 3.63) is 94.9 Å². The molecule has 5 aromatic heterocycles. The molecule has 0 aliphatic rings. The smallest absolute Gasteiger partial charge is 0.160 e. The molecule has 0 aliphatic heterocycles. The van der Waals surface area contributed by atoms with E-state index in [1.807, 2.05) is 40.1 Å². The highest BCUT2D eigenvalue weighted by atomic mass is 32.1. The molecular weight excluding hydrogens is 675 g/mol. The van der Waals surface area contributed by atoms with E-state index in [4.69, 9.17) is 0 Å². The standard InChI is InChI=1S/C43H45NOS4/c1-4-7-9-11-15-30-26-40(48-42(30)38-22-20-32(28-45)46-38)41-27-31(16-12-10-8-5-2)43(49-41)39-24-23-37(47-39)29-19-21-36-34(25-29)33-17-13-14-18-35(33)44(36)6-3/h13-14,17-28H,4-12,15-16H2,1-3H3. The fraction of sp³-hybridized carbons (Fsp3) is 0.326. The molecule has 0 fully saturated rings. The summed E-state index contributed by atoms with van der Waals surface area (Å²) in [5, 5.41) is 2.67. The summed E-state index contributed by atoms with van der Waals surface area (Å²) in [5.41, 5.74) is 6.85. The number of aromatic nitrogens is 1. The number of aldehydes is 1. The number of nitrogens with zero attached hydrogens (tertiary/aromatic N) is 1. The molecule has 0 amide bonds. The Bertz CT molecular complexity index is 2180. The number of hydrogen-bond donors (Lipinski definition) is 0. The van der Waals surface area contributed by atoms with Crippen LogP contribution in [0.4, 0.5) is 0 Å². The van der Waals surface area contributed by atoms with E-state index in [0.717, 1.165) is 30.5 Å². The Morgan fingerprint density at radius 1 is 0.551 bits per heavy atom. The molecule has 0 unspecified atom stereocenters. The third-order valence-electron chi connectivity index (χ3n) is 9.63. The fourth-order valence-electron chi connectivity index (χ4n) is 7.07. The largest absolute Gasteiger partial charge is 0.341 e. The monoisotopic (exact) mass is 719 g/mol. The molecule has 2 nitrogen and oxygen atoms in total. The molecule has 49 heavy (non-hydrogen) atoms. The summed E-state index contributed by atoms with van der Waals surface area (Å²) in [4.78, 5) is 21.8. The molecule has 7 aromatic rings. The minimum absolute atomic E-state index is 0.804. The van der Waals surface area contributed by atoms with Crippen LogP contribution in [0.25, 0.3) is 61.5 Å². The van der Waals surface area contributed by atoms with Gasteiger partial charge in [-0.3, -0.25) is 4.79 Å². The third kappa shape index (κ3) is 7.16. The first-order chi connectivity index (χ1) is 24.1. The van der Waals surface area contributed by atoms with Gasteiger partial charge in [-0.1, -0.05) is 76.6 Å². The van der Waals surface area contributed by atoms with E-state index in [0.29, 0.717) is 0 Å². The molecule has 252 valence electrons. The van der Waals surface area contributed by atoms with Crippen molar-refractivity contribution < 1.29 is 4.79 Å². The normalized spacial score (nSPS) is 11.7. The van der Waals surface area contributed by atoms with Crippen LogP contribution in [0.1, 0.15) is 92.9 Å². The predicted molar refractivity (Wildman–Crippen MR) is 219 cm³/mol. The highest BCUT2D eigenvalue weighted by Gasteiger charge is 2.20. The van der Waals surface area contributed by atoms with E-state index < -0.39 is 0 Å². The van der Waals surface area contributed by atoms with Gasteiger partial charge in [-0.25, -0.2) is 0 Å². The summed E-state index contributed by atoms with van der Waals surface area (Å²) in [6, 6.07) is 29.6. The molecule has 0 radical (unpaired) electrons. The molecule has 0 saturated carbocycles. The number of carbonyl (C=O) groups excluding carboxylic acids is 1. The number of aryl methyl sites for hydroxylation is 3. The van der Waals surface area contributed by atoms with Crippen molar-refractivity contribution >= 4 is 73.4 Å². The van der Waals surface area contributed by atoms with Crippen molar-refractivity contribution in [2.24, 2.45) is 0 Å². The SMILES string of the molecule is CCCCCCc1cc(-c2cc(CCCCCC)c(-c3ccc(-c4ccc5c(c4)c4ccccc4n5CC)s3)s2)sc1-c1ccc(C=O)s1. The lowest BCUT2D eigenvalue weighted by atomic mass is 10.0. The Kier molecular flexibility index (Phi) is 11.0. The summed E-state index contributed by atoms with van der Waals surface area (Å²) in [6.07, 6.45) is 13.3. The maximum Gasteiger partial charge on any atom is 0.160 e. The van der Waals surface area contributed by atoms with Crippen LogP contribution in [0.5, 0.6) is 0 Å². The van der Waals surface area contributed by atoms with Crippen molar-refractivity contribution in [3.8, 4) is 39.7 Å². The van der Waals surface area contributed by atoms with Crippen molar-refractivity contribution in [3.63, 3.8) is 0 Å². The van der Waals surface area contributed by atoms with Gasteiger partial charge in [-0.15, -0.1) is 45.3 Å². The highest BCUT2D eigenvalue weighted by molar-refractivity contribution is 7.29. The van der Waals surface area contributed by atoms with Crippen LogP contribution in [0.2, 0.25) is 0 Å². The van der Waals surface area contributed by atoms with Crippen LogP contribution in [0, 0.1) is 0 Å². The minimum atomic E-state index is 0.804. The van der Waals surface area contributed by atoms with Gasteiger partial charge >= 0.3 is 0 Å². The fourth-order valence-corrected chi connectivity index (χ4v) is 11.7. The van der Waals surface area contributed by atoms with Gasteiger partial charge in [0, 0.05) is 62.5 Å². The average Bonchev–Trinajstić information content (AvgIpc) is 3.97. The van der Waals surface area contributed by atoms with Gasteiger partial charge in [0.15, 0.2) is 6.29 Å². The minimum Gasteiger partial charge on any atom is -0.341 e. The van der Waals surface area contributed by atoms with Crippen LogP contribution in [0.15, 0.2) is 78.9 Å². The maximum atomic E-state index is 11.5. The van der Waals surface area contributed by atoms with Crippen LogP contribution < -0.4 is 0 Å². The molecule has 0 N–H and O–H groups in total. The first-order valence-corrected chi connectivity index (χ1v) is 21.3. The van der Waals surface area contributed by atoms with Crippen LogP contribution in [0.3, 0.4) is 0 Å². The second-order valence-electron chi connectivity index (χ2n) is 13.0. The number of benzene rings is 2. The topological polar surface area (TPSA) is 22.0 Å². The van der Waals surface area contributed by atoms with E-state index in [9.17, 15) is 4.79 Å². The number of unbranched alkanes of at least 4 members (excludes halogenated alkanes) is 6. The van der Waals surface area contributed by atoms with Gasteiger partial charge in [0.25, 0.3) is 0 Å². The van der Waals surface area contributed by atoms with Crippen LogP contribution >= 0.6 is 45.3 Å². The highest BCUT2D eigenvalue weighted by Crippen LogP contribution is 2.48. The molecule has 6 heteroatoms. The quantitative estimate of drug-likeness (QED) is 0.0720. The second kappa shape index (κ2) is 15.7. The van der Waals surface area contributed by atoms with Crippen molar-refractivity contribution in [1.82, 2.24) is 4.57 Å². The van der Waals surface area contributed by atoms with Gasteiger partial charge < -0.3 is 4.57 Å². The van der Waals surface area contributed by atoms with E-state index in [1.165, 1.54) is 124 Å². The number of rotatable bonds is 16. The lowest BCUT2D eigenvalue weighted by Crippen LogP contribution is -1.92. The summed E-state index contributed by atoms with van der Waals surface area (Å²) in [5.74, 6) is 0. The maximum absolute atomic E-state index is 11.5. The first-order valence-electron chi connectivity index (χ1n) is 18.0. The molecule has 0 bridgehead atoms. The van der Waals surface area contributed by atoms with Crippen molar-refractivity contribution in [2.75, 3.05) is 0 Å². The van der Waals surface area contributed by atoms with Crippen LogP contribution in [-0.4, -0.2) is 10.9 Å². The van der Waals surface area contributed by atoms with E-state index in [-0.39, 0.29) is 0 Å². The molecule has 0 spiro atoms. The van der Waals surface area contributed by atoms with Gasteiger partial charge in [0.2, 0.25) is 0 Å². The molecule has 0 saturated heterocycles. The lowest BCUT2D eigenvalue weighted by molar-refractivity contribution is 0.112. The Morgan fingerprint density at radius 2 is 1.16 bits per heavy atom. The number of hydrogen-bond acceptors (Lipinski definition) is 5. The molecule has 0 atom stereocenters. The van der Waals surface area contributed by atoms with E-state index in [1.54, 1.807) is 11.3 Å². The number of para-hydroxylation sites is 1. The van der Waals surface area contributed by atoms with Gasteiger partial charge in [0.1, 0.15) is 0 Å². The Labute approximate surface area is 307 Å². The van der Waals surface area contributed by atoms with Crippen molar-refractivity contribution in [2.45, 2.75) is 91.5 Å². The van der Waals surface area contributed by atoms with Crippen LogP contribution in [-0.2, 0) is 19.4 Å². The zero-order valence-electron chi connectivity index (χ0n) is 28.8. The molecule has 0 aliphatic carbocycles. The molecule has 2 aromatic carbocycles. The second-order valence-corrected chi connectivity index (χ2v) is 17.3. The Balaban J connectivity index is 1.25. The van der Waals surface area contributed by atoms with Gasteiger partial charge in [-0.05, 0) is 104 Å². The summed E-state index contributed by atoms with van der Waals surface area (Å²) < 4.78 is 2.43. The molecular formula is C43H45NOS4. The predicted octanol–water partition coefficient (Wildman–Crippen LogP) is 14.8. The van der Waals surface area contributed by atoms with Gasteiger partial charge in [0.05, 0.1) is 4.88 Å². The number of thiophene rings is 4. The van der Waals surface area contributed by atoms with E-state index >= 15 is 0 Å². The summed E-state index contributed by atoms with van der Waals surface area (Å²) in [6.45, 7) is 7.76. The first kappa shape index (κ1) is 34.2. The average molecular weight is 720 g/mol. The van der Waals surface area contributed by atoms with E-state index in [2.05, 4.69) is 98.1 Å². The zero-order valence-corrected chi connectivity index (χ0v) is 32.1. The zero-order chi connectivity index (χ0) is 33.7.